The van der Waals surface area contributed by atoms with Gasteiger partial charge in [-0.1, -0.05) is 25.7 Å². The number of alkyl halides is 3. The van der Waals surface area contributed by atoms with Crippen LogP contribution in [0, 0.1) is 0 Å². The molecule has 0 heterocycles. The lowest BCUT2D eigenvalue weighted by molar-refractivity contribution is -0.158. The molecule has 1 fully saturated rings. The van der Waals surface area contributed by atoms with Crippen LogP contribution in [0.4, 0.5) is 13.2 Å². The average Bonchev–Trinajstić information content (AvgIpc) is 2.51. The molecule has 5 heteroatoms. The minimum atomic E-state index is -4.21. The van der Waals surface area contributed by atoms with Crippen molar-refractivity contribution in [2.24, 2.45) is 0 Å². The number of methoxy groups -OCH3 is 1. The first kappa shape index (κ1) is 14.8. The van der Waals surface area contributed by atoms with Crippen LogP contribution in [0.5, 0.6) is 0 Å². The maximum absolute atomic E-state index is 12.1. The van der Waals surface area contributed by atoms with Crippen molar-refractivity contribution in [3.63, 3.8) is 0 Å². The minimum Gasteiger partial charge on any atom is -0.390 e. The van der Waals surface area contributed by atoms with Gasteiger partial charge in [-0.3, -0.25) is 0 Å². The second-order valence-corrected chi connectivity index (χ2v) is 4.85. The highest BCUT2D eigenvalue weighted by atomic mass is 19.4. The number of hydrogen-bond donors (Lipinski definition) is 1. The first-order valence-corrected chi connectivity index (χ1v) is 6.20. The van der Waals surface area contributed by atoms with E-state index in [4.69, 9.17) is 4.74 Å². The topological polar surface area (TPSA) is 29.5 Å². The predicted molar refractivity (Wildman–Crippen MR) is 58.7 cm³/mol. The molecule has 102 valence electrons. The van der Waals surface area contributed by atoms with Crippen LogP contribution >= 0.6 is 0 Å². The number of aliphatic hydroxyl groups is 1. The minimum absolute atomic E-state index is 0.267. The highest BCUT2D eigenvalue weighted by molar-refractivity contribution is 4.90. The van der Waals surface area contributed by atoms with Gasteiger partial charge in [-0.25, -0.2) is 0 Å². The first-order valence-electron chi connectivity index (χ1n) is 6.20. The molecule has 0 saturated heterocycles. The molecule has 1 N–H and O–H groups in total. The number of rotatable bonds is 4. The summed E-state index contributed by atoms with van der Waals surface area (Å²) in [5.74, 6) is 0. The van der Waals surface area contributed by atoms with Crippen LogP contribution in [-0.4, -0.2) is 30.1 Å². The third-order valence-electron chi connectivity index (χ3n) is 3.66. The van der Waals surface area contributed by atoms with Gasteiger partial charge in [-0.2, -0.15) is 13.2 Å². The molecule has 1 aliphatic rings. The standard InChI is InChI=1S/C12H21F3O2/c1-17-11(7-4-2-3-5-8-11)10(16)6-9-12(13,14)15/h10,16H,2-9H2,1H3. The average molecular weight is 254 g/mol. The lowest BCUT2D eigenvalue weighted by Crippen LogP contribution is -2.44. The van der Waals surface area contributed by atoms with E-state index in [1.165, 1.54) is 7.11 Å². The quantitative estimate of drug-likeness (QED) is 0.779. The molecule has 1 unspecified atom stereocenters. The molecule has 0 aromatic heterocycles. The van der Waals surface area contributed by atoms with Crippen LogP contribution in [0.2, 0.25) is 0 Å². The van der Waals surface area contributed by atoms with Gasteiger partial charge in [0, 0.05) is 13.5 Å². The van der Waals surface area contributed by atoms with Gasteiger partial charge in [-0.05, 0) is 19.3 Å². The molecular weight excluding hydrogens is 233 g/mol. The van der Waals surface area contributed by atoms with E-state index < -0.39 is 24.3 Å². The molecule has 0 radical (unpaired) electrons. The SMILES string of the molecule is COC1(C(O)CCC(F)(F)F)CCCCCC1. The van der Waals surface area contributed by atoms with Crippen molar-refractivity contribution in [3.8, 4) is 0 Å². The van der Waals surface area contributed by atoms with Crippen LogP contribution in [0.3, 0.4) is 0 Å². The van der Waals surface area contributed by atoms with E-state index in [2.05, 4.69) is 0 Å². The summed E-state index contributed by atoms with van der Waals surface area (Å²) >= 11 is 0. The molecule has 1 saturated carbocycles. The van der Waals surface area contributed by atoms with Crippen molar-refractivity contribution in [2.75, 3.05) is 7.11 Å². The Morgan fingerprint density at radius 3 is 2.12 bits per heavy atom. The molecule has 0 aliphatic heterocycles. The number of ether oxygens (including phenoxy) is 1. The fourth-order valence-electron chi connectivity index (χ4n) is 2.56. The summed E-state index contributed by atoms with van der Waals surface area (Å²) < 4.78 is 41.8. The van der Waals surface area contributed by atoms with Crippen molar-refractivity contribution in [1.82, 2.24) is 0 Å². The molecule has 2 nitrogen and oxygen atoms in total. The number of halogens is 3. The van der Waals surface area contributed by atoms with Crippen molar-refractivity contribution < 1.29 is 23.0 Å². The highest BCUT2D eigenvalue weighted by Gasteiger charge is 2.40. The van der Waals surface area contributed by atoms with Gasteiger partial charge in [0.15, 0.2) is 0 Å². The van der Waals surface area contributed by atoms with E-state index in [9.17, 15) is 18.3 Å². The van der Waals surface area contributed by atoms with Crippen molar-refractivity contribution >= 4 is 0 Å². The Balaban J connectivity index is 2.57. The molecule has 1 atom stereocenters. The summed E-state index contributed by atoms with van der Waals surface area (Å²) in [5.41, 5.74) is -0.762. The maximum Gasteiger partial charge on any atom is 0.389 e. The molecule has 0 aromatic carbocycles. The monoisotopic (exact) mass is 254 g/mol. The molecule has 0 aromatic rings. The lowest BCUT2D eigenvalue weighted by atomic mass is 9.85. The van der Waals surface area contributed by atoms with Crippen LogP contribution in [0.15, 0.2) is 0 Å². The zero-order chi connectivity index (χ0) is 12.9. The Kier molecular flexibility index (Phi) is 5.25. The Morgan fingerprint density at radius 1 is 1.18 bits per heavy atom. The van der Waals surface area contributed by atoms with E-state index in [-0.39, 0.29) is 6.42 Å². The second-order valence-electron chi connectivity index (χ2n) is 4.85. The van der Waals surface area contributed by atoms with Crippen molar-refractivity contribution in [1.29, 1.82) is 0 Å². The molecule has 0 spiro atoms. The van der Waals surface area contributed by atoms with E-state index in [0.717, 1.165) is 25.7 Å². The maximum atomic E-state index is 12.1. The van der Waals surface area contributed by atoms with Crippen molar-refractivity contribution in [2.45, 2.75) is 69.2 Å². The summed E-state index contributed by atoms with van der Waals surface area (Å²) in [6, 6.07) is 0. The van der Waals surface area contributed by atoms with Gasteiger partial charge in [0.2, 0.25) is 0 Å². The van der Waals surface area contributed by atoms with Gasteiger partial charge < -0.3 is 9.84 Å². The third kappa shape index (κ3) is 4.47. The second kappa shape index (κ2) is 6.05. The van der Waals surface area contributed by atoms with E-state index in [1.54, 1.807) is 0 Å². The zero-order valence-electron chi connectivity index (χ0n) is 10.2. The Labute approximate surface area is 100 Å². The molecule has 1 rings (SSSR count). The highest BCUT2D eigenvalue weighted by Crippen LogP contribution is 2.36. The molecule has 0 bridgehead atoms. The van der Waals surface area contributed by atoms with Gasteiger partial charge in [0.25, 0.3) is 0 Å². The normalized spacial score (nSPS) is 23.1. The molecule has 0 amide bonds. The van der Waals surface area contributed by atoms with E-state index in [0.29, 0.717) is 12.8 Å². The number of aliphatic hydroxyl groups excluding tert-OH is 1. The van der Waals surface area contributed by atoms with Crippen LogP contribution < -0.4 is 0 Å². The zero-order valence-corrected chi connectivity index (χ0v) is 10.2. The Hall–Kier alpha value is -0.290. The largest absolute Gasteiger partial charge is 0.390 e. The first-order chi connectivity index (χ1) is 7.90. The fraction of sp³-hybridized carbons (Fsp3) is 1.00. The summed E-state index contributed by atoms with van der Waals surface area (Å²) in [4.78, 5) is 0. The van der Waals surface area contributed by atoms with Gasteiger partial charge in [0.1, 0.15) is 0 Å². The summed E-state index contributed by atoms with van der Waals surface area (Å²) in [7, 11) is 1.49. The van der Waals surface area contributed by atoms with Crippen LogP contribution in [-0.2, 0) is 4.74 Å². The van der Waals surface area contributed by atoms with E-state index >= 15 is 0 Å². The van der Waals surface area contributed by atoms with Crippen molar-refractivity contribution in [3.05, 3.63) is 0 Å². The molecule has 1 aliphatic carbocycles. The smallest absolute Gasteiger partial charge is 0.389 e. The predicted octanol–water partition coefficient (Wildman–Crippen LogP) is 3.43. The third-order valence-corrected chi connectivity index (χ3v) is 3.66. The van der Waals surface area contributed by atoms with Gasteiger partial charge in [0.05, 0.1) is 11.7 Å². The number of hydrogen-bond acceptors (Lipinski definition) is 2. The molecule has 17 heavy (non-hydrogen) atoms. The van der Waals surface area contributed by atoms with Crippen LogP contribution in [0.25, 0.3) is 0 Å². The summed E-state index contributed by atoms with van der Waals surface area (Å²) in [5, 5.41) is 9.99. The van der Waals surface area contributed by atoms with Gasteiger partial charge in [-0.15, -0.1) is 0 Å². The Morgan fingerprint density at radius 2 is 1.71 bits per heavy atom. The summed E-state index contributed by atoms with van der Waals surface area (Å²) in [6.07, 6.45) is -1.17. The Bertz CT molecular complexity index is 220. The lowest BCUT2D eigenvalue weighted by Gasteiger charge is -2.36. The summed E-state index contributed by atoms with van der Waals surface area (Å²) in [6.45, 7) is 0. The van der Waals surface area contributed by atoms with E-state index in [1.807, 2.05) is 0 Å². The van der Waals surface area contributed by atoms with Crippen LogP contribution in [0.1, 0.15) is 51.4 Å². The molecular formula is C12H21F3O2. The fourth-order valence-corrected chi connectivity index (χ4v) is 2.56. The van der Waals surface area contributed by atoms with Gasteiger partial charge >= 0.3 is 6.18 Å².